The van der Waals surface area contributed by atoms with Crippen LogP contribution in [-0.2, 0) is 10.8 Å². The van der Waals surface area contributed by atoms with Crippen LogP contribution in [0.15, 0.2) is 152 Å². The van der Waals surface area contributed by atoms with E-state index in [1.165, 1.54) is 94.3 Å². The van der Waals surface area contributed by atoms with Crippen molar-refractivity contribution in [1.82, 2.24) is 4.57 Å². The predicted molar refractivity (Wildman–Crippen MR) is 207 cm³/mol. The maximum absolute atomic E-state index is 2.46. The minimum absolute atomic E-state index is 0.0824. The van der Waals surface area contributed by atoms with Crippen molar-refractivity contribution in [3.63, 3.8) is 0 Å². The Hall–Kier alpha value is -5.66. The molecule has 7 aromatic carbocycles. The van der Waals surface area contributed by atoms with E-state index in [-0.39, 0.29) is 10.8 Å². The SMILES string of the molecule is CC1(C)c2cc(-c3ccccc3)ccc2-c2ccc(-c3ccc4c(c3)C(C)(C)c3cc(-n5c6ccccc6c6ccccc65)ccc3-4)cc21. The molecule has 2 aliphatic carbocycles. The summed E-state index contributed by atoms with van der Waals surface area (Å²) in [4.78, 5) is 0. The van der Waals surface area contributed by atoms with E-state index in [1.807, 2.05) is 0 Å². The van der Waals surface area contributed by atoms with Crippen molar-refractivity contribution < 1.29 is 0 Å². The smallest absolute Gasteiger partial charge is 0.0541 e. The minimum atomic E-state index is -0.129. The summed E-state index contributed by atoms with van der Waals surface area (Å²) in [5.41, 5.74) is 19.6. The number of benzene rings is 7. The number of aromatic nitrogens is 1. The van der Waals surface area contributed by atoms with Crippen LogP contribution in [0.5, 0.6) is 0 Å². The second-order valence-corrected chi connectivity index (χ2v) is 15.0. The summed E-state index contributed by atoms with van der Waals surface area (Å²) in [7, 11) is 0. The molecule has 0 radical (unpaired) electrons. The van der Waals surface area contributed by atoms with E-state index in [2.05, 4.69) is 184 Å². The Morgan fingerprint density at radius 1 is 0.347 bits per heavy atom. The van der Waals surface area contributed by atoms with Gasteiger partial charge in [0, 0.05) is 27.3 Å². The summed E-state index contributed by atoms with van der Waals surface area (Å²) >= 11 is 0. The first-order valence-corrected chi connectivity index (χ1v) is 17.4. The van der Waals surface area contributed by atoms with Crippen molar-refractivity contribution >= 4 is 21.8 Å². The van der Waals surface area contributed by atoms with Crippen molar-refractivity contribution in [2.45, 2.75) is 38.5 Å². The highest BCUT2D eigenvalue weighted by Gasteiger charge is 2.38. The molecule has 8 aromatic rings. The Balaban J connectivity index is 1.04. The molecule has 0 amide bonds. The average molecular weight is 628 g/mol. The van der Waals surface area contributed by atoms with Gasteiger partial charge in [0.15, 0.2) is 0 Å². The fourth-order valence-corrected chi connectivity index (χ4v) is 8.97. The molecule has 1 heteroatoms. The molecular weight excluding hydrogens is 591 g/mol. The van der Waals surface area contributed by atoms with Crippen LogP contribution in [0.4, 0.5) is 0 Å². The molecule has 234 valence electrons. The molecule has 0 fully saturated rings. The predicted octanol–water partition coefficient (Wildman–Crippen LogP) is 12.7. The summed E-state index contributed by atoms with van der Waals surface area (Å²) in [5, 5.41) is 2.59. The molecule has 0 saturated heterocycles. The molecule has 1 aromatic heterocycles. The van der Waals surface area contributed by atoms with Crippen molar-refractivity contribution in [3.05, 3.63) is 174 Å². The van der Waals surface area contributed by atoms with Crippen molar-refractivity contribution in [3.8, 4) is 50.2 Å². The van der Waals surface area contributed by atoms with Gasteiger partial charge in [-0.25, -0.2) is 0 Å². The van der Waals surface area contributed by atoms with E-state index in [0.717, 1.165) is 0 Å². The number of rotatable bonds is 3. The maximum Gasteiger partial charge on any atom is 0.0541 e. The van der Waals surface area contributed by atoms with Gasteiger partial charge in [-0.2, -0.15) is 0 Å². The molecule has 0 spiro atoms. The summed E-state index contributed by atoms with van der Waals surface area (Å²) in [5.74, 6) is 0. The first-order chi connectivity index (χ1) is 23.8. The first kappa shape index (κ1) is 28.4. The zero-order valence-electron chi connectivity index (χ0n) is 28.4. The molecule has 1 heterocycles. The largest absolute Gasteiger partial charge is 0.309 e. The molecule has 0 N–H and O–H groups in total. The van der Waals surface area contributed by atoms with Gasteiger partial charge in [0.2, 0.25) is 0 Å². The van der Waals surface area contributed by atoms with E-state index in [4.69, 9.17) is 0 Å². The third-order valence-electron chi connectivity index (χ3n) is 11.6. The van der Waals surface area contributed by atoms with Crippen LogP contribution in [0.1, 0.15) is 49.9 Å². The molecule has 1 nitrogen and oxygen atoms in total. The van der Waals surface area contributed by atoms with Gasteiger partial charge in [0.25, 0.3) is 0 Å². The van der Waals surface area contributed by atoms with Crippen LogP contribution < -0.4 is 0 Å². The first-order valence-electron chi connectivity index (χ1n) is 17.4. The van der Waals surface area contributed by atoms with Crippen molar-refractivity contribution in [1.29, 1.82) is 0 Å². The number of para-hydroxylation sites is 2. The molecule has 0 unspecified atom stereocenters. The lowest BCUT2D eigenvalue weighted by atomic mass is 9.80. The van der Waals surface area contributed by atoms with Crippen LogP contribution >= 0.6 is 0 Å². The molecule has 0 saturated carbocycles. The fraction of sp³-hybridized carbons (Fsp3) is 0.125. The van der Waals surface area contributed by atoms with Gasteiger partial charge < -0.3 is 4.57 Å². The third-order valence-corrected chi connectivity index (χ3v) is 11.6. The Morgan fingerprint density at radius 2 is 0.735 bits per heavy atom. The summed E-state index contributed by atoms with van der Waals surface area (Å²) in [6, 6.07) is 56.7. The van der Waals surface area contributed by atoms with E-state index >= 15 is 0 Å². The van der Waals surface area contributed by atoms with Gasteiger partial charge in [-0.15, -0.1) is 0 Å². The van der Waals surface area contributed by atoms with Crippen LogP contribution in [0.25, 0.3) is 72.0 Å². The summed E-state index contributed by atoms with van der Waals surface area (Å²) in [6.45, 7) is 9.55. The second-order valence-electron chi connectivity index (χ2n) is 15.0. The minimum Gasteiger partial charge on any atom is -0.309 e. The Kier molecular flexibility index (Phi) is 5.75. The zero-order valence-corrected chi connectivity index (χ0v) is 28.4. The molecule has 10 rings (SSSR count). The molecular formula is C48H37N. The Bertz CT molecular complexity index is 2590. The second kappa shape index (κ2) is 9.94. The molecule has 0 atom stereocenters. The van der Waals surface area contributed by atoms with Gasteiger partial charge >= 0.3 is 0 Å². The average Bonchev–Trinajstić information content (AvgIpc) is 3.68. The third kappa shape index (κ3) is 3.93. The van der Waals surface area contributed by atoms with Crippen LogP contribution in [0.2, 0.25) is 0 Å². The van der Waals surface area contributed by atoms with Crippen LogP contribution in [0.3, 0.4) is 0 Å². The highest BCUT2D eigenvalue weighted by molar-refractivity contribution is 6.09. The van der Waals surface area contributed by atoms with Crippen LogP contribution in [-0.4, -0.2) is 4.57 Å². The molecule has 2 aliphatic rings. The highest BCUT2D eigenvalue weighted by Crippen LogP contribution is 2.53. The fourth-order valence-electron chi connectivity index (χ4n) is 8.97. The highest BCUT2D eigenvalue weighted by atomic mass is 15.0. The summed E-state index contributed by atoms with van der Waals surface area (Å²) < 4.78 is 2.43. The number of fused-ring (bicyclic) bond motifs is 9. The van der Waals surface area contributed by atoms with E-state index in [9.17, 15) is 0 Å². The van der Waals surface area contributed by atoms with E-state index in [1.54, 1.807) is 0 Å². The normalized spacial score (nSPS) is 14.9. The van der Waals surface area contributed by atoms with Gasteiger partial charge in [-0.1, -0.05) is 137 Å². The van der Waals surface area contributed by atoms with Gasteiger partial charge in [-0.3, -0.25) is 0 Å². The van der Waals surface area contributed by atoms with Crippen LogP contribution in [0, 0.1) is 0 Å². The Labute approximate surface area is 288 Å². The molecule has 0 bridgehead atoms. The summed E-state index contributed by atoms with van der Waals surface area (Å²) in [6.07, 6.45) is 0. The van der Waals surface area contributed by atoms with Gasteiger partial charge in [0.05, 0.1) is 11.0 Å². The number of hydrogen-bond acceptors (Lipinski definition) is 0. The Morgan fingerprint density at radius 3 is 1.22 bits per heavy atom. The lowest BCUT2D eigenvalue weighted by Gasteiger charge is -2.24. The monoisotopic (exact) mass is 627 g/mol. The van der Waals surface area contributed by atoms with E-state index in [0.29, 0.717) is 0 Å². The zero-order chi connectivity index (χ0) is 33.1. The van der Waals surface area contributed by atoms with Gasteiger partial charge in [-0.05, 0) is 109 Å². The quantitative estimate of drug-likeness (QED) is 0.184. The van der Waals surface area contributed by atoms with Gasteiger partial charge in [0.1, 0.15) is 0 Å². The molecule has 49 heavy (non-hydrogen) atoms. The number of nitrogens with zero attached hydrogens (tertiary/aromatic N) is 1. The van der Waals surface area contributed by atoms with Crippen molar-refractivity contribution in [2.24, 2.45) is 0 Å². The standard InChI is InChI=1S/C48H37N/c1-47(2)41-26-31(30-12-6-5-7-13-30)18-22-35(41)36-23-19-32(27-42(36)47)33-20-24-37-38-25-21-34(29-44(38)48(3,4)43(37)28-33)49-45-16-10-8-14-39(45)40-15-9-11-17-46(40)49/h5-29H,1-4H3. The lowest BCUT2D eigenvalue weighted by molar-refractivity contribution is 0.659. The number of hydrogen-bond donors (Lipinski definition) is 0. The molecule has 0 aliphatic heterocycles. The van der Waals surface area contributed by atoms with E-state index < -0.39 is 0 Å². The lowest BCUT2D eigenvalue weighted by Crippen LogP contribution is -2.16. The topological polar surface area (TPSA) is 4.93 Å². The van der Waals surface area contributed by atoms with Crippen molar-refractivity contribution in [2.75, 3.05) is 0 Å². The maximum atomic E-state index is 2.46.